The van der Waals surface area contributed by atoms with E-state index >= 15 is 0 Å². The molecule has 0 saturated carbocycles. The predicted octanol–water partition coefficient (Wildman–Crippen LogP) is 2.50. The molecule has 1 unspecified atom stereocenters. The van der Waals surface area contributed by atoms with Gasteiger partial charge in [0.15, 0.2) is 11.6 Å². The number of piperazine rings is 1. The summed E-state index contributed by atoms with van der Waals surface area (Å²) in [6.07, 6.45) is 3.25. The fraction of sp³-hybridized carbons (Fsp3) is 0.294. The zero-order chi connectivity index (χ0) is 16.2. The van der Waals surface area contributed by atoms with Crippen molar-refractivity contribution in [3.05, 3.63) is 65.5 Å². The third-order valence-corrected chi connectivity index (χ3v) is 4.01. The van der Waals surface area contributed by atoms with Crippen molar-refractivity contribution in [2.75, 3.05) is 19.6 Å². The Morgan fingerprint density at radius 2 is 2.12 bits per heavy atom. The fourth-order valence-corrected chi connectivity index (χ4v) is 2.82. The van der Waals surface area contributed by atoms with Crippen LogP contribution in [0, 0.1) is 11.6 Å². The minimum absolute atomic E-state index is 0. The lowest BCUT2D eigenvalue weighted by atomic mass is 10.0. The maximum atomic E-state index is 13.8. The van der Waals surface area contributed by atoms with E-state index in [2.05, 4.69) is 10.3 Å². The summed E-state index contributed by atoms with van der Waals surface area (Å²) in [5, 5.41) is 3.25. The van der Waals surface area contributed by atoms with Crippen molar-refractivity contribution in [1.29, 1.82) is 0 Å². The number of carbonyl (C=O) groups is 1. The van der Waals surface area contributed by atoms with Gasteiger partial charge >= 0.3 is 0 Å². The predicted molar refractivity (Wildman–Crippen MR) is 88.9 cm³/mol. The van der Waals surface area contributed by atoms with Crippen molar-refractivity contribution in [1.82, 2.24) is 15.2 Å². The molecule has 1 aliphatic rings. The van der Waals surface area contributed by atoms with Gasteiger partial charge in [0.1, 0.15) is 0 Å². The van der Waals surface area contributed by atoms with Crippen LogP contribution in [0.2, 0.25) is 0 Å². The highest BCUT2D eigenvalue weighted by Crippen LogP contribution is 2.23. The number of aromatic nitrogens is 1. The van der Waals surface area contributed by atoms with Gasteiger partial charge in [-0.2, -0.15) is 0 Å². The minimum Gasteiger partial charge on any atom is -0.333 e. The van der Waals surface area contributed by atoms with Crippen molar-refractivity contribution in [2.45, 2.75) is 12.5 Å². The molecule has 1 saturated heterocycles. The summed E-state index contributed by atoms with van der Waals surface area (Å²) in [6, 6.07) is 7.48. The molecule has 4 nitrogen and oxygen atoms in total. The summed E-state index contributed by atoms with van der Waals surface area (Å²) in [4.78, 5) is 18.4. The number of nitrogens with one attached hydrogen (secondary N) is 1. The molecular weight excluding hydrogens is 336 g/mol. The molecule has 1 fully saturated rings. The number of benzene rings is 1. The molecule has 0 radical (unpaired) electrons. The Morgan fingerprint density at radius 1 is 1.29 bits per heavy atom. The van der Waals surface area contributed by atoms with Crippen LogP contribution < -0.4 is 5.32 Å². The van der Waals surface area contributed by atoms with Crippen molar-refractivity contribution >= 4 is 18.3 Å². The van der Waals surface area contributed by atoms with Gasteiger partial charge in [-0.25, -0.2) is 8.78 Å². The molecule has 1 N–H and O–H groups in total. The summed E-state index contributed by atoms with van der Waals surface area (Å²) in [5.41, 5.74) is 1.01. The van der Waals surface area contributed by atoms with Crippen molar-refractivity contribution in [3.8, 4) is 0 Å². The Balaban J connectivity index is 0.00000208. The normalized spacial score (nSPS) is 17.2. The maximum absolute atomic E-state index is 13.8. The second-order valence-electron chi connectivity index (χ2n) is 5.48. The summed E-state index contributed by atoms with van der Waals surface area (Å²) in [7, 11) is 0. The number of pyridine rings is 1. The van der Waals surface area contributed by atoms with Crippen molar-refractivity contribution < 1.29 is 13.6 Å². The van der Waals surface area contributed by atoms with Gasteiger partial charge in [0, 0.05) is 37.6 Å². The second kappa shape index (κ2) is 8.17. The van der Waals surface area contributed by atoms with Gasteiger partial charge in [-0.3, -0.25) is 9.78 Å². The minimum atomic E-state index is -0.950. The van der Waals surface area contributed by atoms with Crippen LogP contribution in [0.5, 0.6) is 0 Å². The number of hydrogen-bond donors (Lipinski definition) is 1. The van der Waals surface area contributed by atoms with Crippen LogP contribution in [0.4, 0.5) is 8.78 Å². The average molecular weight is 354 g/mol. The SMILES string of the molecule is Cl.O=C(Cc1cccc(F)c1F)N1CCNCC1c1cccnc1. The molecule has 0 spiro atoms. The first-order chi connectivity index (χ1) is 11.2. The van der Waals surface area contributed by atoms with E-state index in [9.17, 15) is 13.6 Å². The Bertz CT molecular complexity index is 699. The van der Waals surface area contributed by atoms with Crippen LogP contribution in [0.15, 0.2) is 42.7 Å². The highest BCUT2D eigenvalue weighted by molar-refractivity contribution is 5.85. The third kappa shape index (κ3) is 3.88. The van der Waals surface area contributed by atoms with E-state index in [4.69, 9.17) is 0 Å². The molecule has 1 aromatic heterocycles. The number of carbonyl (C=O) groups excluding carboxylic acids is 1. The molecule has 7 heteroatoms. The smallest absolute Gasteiger partial charge is 0.227 e. The first kappa shape index (κ1) is 18.3. The second-order valence-corrected chi connectivity index (χ2v) is 5.48. The number of nitrogens with zero attached hydrogens (tertiary/aromatic N) is 2. The Morgan fingerprint density at radius 3 is 2.88 bits per heavy atom. The molecular formula is C17H18ClF2N3O. The summed E-state index contributed by atoms with van der Waals surface area (Å²) < 4.78 is 27.1. The van der Waals surface area contributed by atoms with Gasteiger partial charge in [-0.05, 0) is 17.7 Å². The van der Waals surface area contributed by atoms with Crippen LogP contribution in [-0.2, 0) is 11.2 Å². The molecule has 128 valence electrons. The molecule has 3 rings (SSSR count). The zero-order valence-electron chi connectivity index (χ0n) is 12.9. The molecule has 1 aliphatic heterocycles. The van der Waals surface area contributed by atoms with Crippen LogP contribution in [-0.4, -0.2) is 35.4 Å². The largest absolute Gasteiger partial charge is 0.333 e. The van der Waals surface area contributed by atoms with E-state index in [1.54, 1.807) is 17.3 Å². The summed E-state index contributed by atoms with van der Waals surface area (Å²) in [6.45, 7) is 1.81. The maximum Gasteiger partial charge on any atom is 0.227 e. The monoisotopic (exact) mass is 353 g/mol. The highest BCUT2D eigenvalue weighted by Gasteiger charge is 2.28. The number of rotatable bonds is 3. The zero-order valence-corrected chi connectivity index (χ0v) is 13.7. The van der Waals surface area contributed by atoms with E-state index < -0.39 is 11.6 Å². The van der Waals surface area contributed by atoms with Gasteiger partial charge in [-0.15, -0.1) is 12.4 Å². The van der Waals surface area contributed by atoms with Crippen molar-refractivity contribution in [3.63, 3.8) is 0 Å². The number of hydrogen-bond acceptors (Lipinski definition) is 3. The number of halogens is 3. The van der Waals surface area contributed by atoms with E-state index in [1.165, 1.54) is 12.1 Å². The Kier molecular flexibility index (Phi) is 6.23. The summed E-state index contributed by atoms with van der Waals surface area (Å²) in [5.74, 6) is -2.10. The van der Waals surface area contributed by atoms with E-state index in [0.29, 0.717) is 19.6 Å². The van der Waals surface area contributed by atoms with Gasteiger partial charge < -0.3 is 10.2 Å². The molecule has 1 aromatic carbocycles. The van der Waals surface area contributed by atoms with Gasteiger partial charge in [-0.1, -0.05) is 18.2 Å². The highest BCUT2D eigenvalue weighted by atomic mass is 35.5. The van der Waals surface area contributed by atoms with E-state index in [-0.39, 0.29) is 36.3 Å². The first-order valence-electron chi connectivity index (χ1n) is 7.50. The van der Waals surface area contributed by atoms with Crippen LogP contribution in [0.3, 0.4) is 0 Å². The van der Waals surface area contributed by atoms with Gasteiger partial charge in [0.05, 0.1) is 12.5 Å². The standard InChI is InChI=1S/C17H17F2N3O.ClH/c18-14-5-1-3-12(17(14)19)9-16(23)22-8-7-21-11-15(22)13-4-2-6-20-10-13;/h1-6,10,15,21H,7-9,11H2;1H. The van der Waals surface area contributed by atoms with Crippen LogP contribution in [0.1, 0.15) is 17.2 Å². The Hall–Kier alpha value is -2.05. The molecule has 2 aromatic rings. The fourth-order valence-electron chi connectivity index (χ4n) is 2.82. The lowest BCUT2D eigenvalue weighted by Gasteiger charge is -2.36. The molecule has 0 bridgehead atoms. The molecule has 24 heavy (non-hydrogen) atoms. The van der Waals surface area contributed by atoms with Crippen molar-refractivity contribution in [2.24, 2.45) is 0 Å². The number of amides is 1. The van der Waals surface area contributed by atoms with Crippen LogP contribution >= 0.6 is 12.4 Å². The molecule has 2 heterocycles. The van der Waals surface area contributed by atoms with Crippen LogP contribution in [0.25, 0.3) is 0 Å². The lowest BCUT2D eigenvalue weighted by Crippen LogP contribution is -2.49. The topological polar surface area (TPSA) is 45.2 Å². The van der Waals surface area contributed by atoms with Gasteiger partial charge in [0.2, 0.25) is 5.91 Å². The van der Waals surface area contributed by atoms with E-state index in [0.717, 1.165) is 11.6 Å². The molecule has 1 amide bonds. The summed E-state index contributed by atoms with van der Waals surface area (Å²) >= 11 is 0. The lowest BCUT2D eigenvalue weighted by molar-refractivity contribution is -0.133. The molecule has 1 atom stereocenters. The Labute approximate surface area is 145 Å². The molecule has 0 aliphatic carbocycles. The average Bonchev–Trinajstić information content (AvgIpc) is 2.60. The van der Waals surface area contributed by atoms with E-state index in [1.807, 2.05) is 12.1 Å². The quantitative estimate of drug-likeness (QED) is 0.922. The third-order valence-electron chi connectivity index (χ3n) is 4.01. The first-order valence-corrected chi connectivity index (χ1v) is 7.50. The van der Waals surface area contributed by atoms with Gasteiger partial charge in [0.25, 0.3) is 0 Å².